The maximum Gasteiger partial charge on any atom is 0.401 e. The van der Waals surface area contributed by atoms with Gasteiger partial charge in [-0.15, -0.1) is 0 Å². The zero-order valence-corrected chi connectivity index (χ0v) is 15.2. The van der Waals surface area contributed by atoms with Crippen molar-refractivity contribution < 1.29 is 45.8 Å². The van der Waals surface area contributed by atoms with Gasteiger partial charge in [0.1, 0.15) is 6.61 Å². The van der Waals surface area contributed by atoms with Gasteiger partial charge in [-0.25, -0.2) is 0 Å². The monoisotopic (exact) mass is 440 g/mol. The van der Waals surface area contributed by atoms with Gasteiger partial charge in [0.05, 0.1) is 18.8 Å². The smallest absolute Gasteiger partial charge is 0.401 e. The Morgan fingerprint density at radius 2 is 2.00 bits per heavy atom. The van der Waals surface area contributed by atoms with E-state index in [4.69, 9.17) is 10.5 Å². The van der Waals surface area contributed by atoms with Gasteiger partial charge in [-0.3, -0.25) is 19.7 Å². The summed E-state index contributed by atoms with van der Waals surface area (Å²) in [4.78, 5) is 36.5. The van der Waals surface area contributed by atoms with Gasteiger partial charge in [0.15, 0.2) is 11.8 Å². The van der Waals surface area contributed by atoms with E-state index in [0.717, 1.165) is 11.0 Å². The first-order chi connectivity index (χ1) is 14.0. The van der Waals surface area contributed by atoms with E-state index < -0.39 is 48.8 Å². The zero-order chi connectivity index (χ0) is 22.5. The number of nitrogens with zero attached hydrogens (tertiary/aromatic N) is 1. The minimum absolute atomic E-state index is 0.0248. The Bertz CT molecular complexity index is 805. The molecule has 0 spiro atoms. The van der Waals surface area contributed by atoms with Crippen LogP contribution < -0.4 is 26.0 Å². The molecule has 0 aliphatic carbocycles. The van der Waals surface area contributed by atoms with Crippen LogP contribution in [0.15, 0.2) is 18.2 Å². The second kappa shape index (κ2) is 9.67. The molecule has 1 atom stereocenters. The van der Waals surface area contributed by atoms with Crippen LogP contribution in [0.4, 0.5) is 33.3 Å². The predicted octanol–water partition coefficient (Wildman–Crippen LogP) is 0.595. The van der Waals surface area contributed by atoms with Gasteiger partial charge >= 0.3 is 12.8 Å². The molecule has 0 unspecified atom stereocenters. The fraction of sp³-hybridized carbons (Fsp3) is 0.438. The van der Waals surface area contributed by atoms with Crippen LogP contribution in [0.25, 0.3) is 0 Å². The third kappa shape index (κ3) is 6.52. The summed E-state index contributed by atoms with van der Waals surface area (Å²) in [6.07, 6.45) is -4.71. The molecule has 1 aromatic carbocycles. The van der Waals surface area contributed by atoms with Gasteiger partial charge in [-0.05, 0) is 12.1 Å². The van der Waals surface area contributed by atoms with Crippen molar-refractivity contribution in [2.24, 2.45) is 5.73 Å². The van der Waals surface area contributed by atoms with Crippen LogP contribution in [0.2, 0.25) is 0 Å². The van der Waals surface area contributed by atoms with E-state index in [9.17, 15) is 36.3 Å². The number of amides is 3. The predicted molar refractivity (Wildman–Crippen MR) is 91.9 cm³/mol. The molecule has 1 fully saturated rings. The van der Waals surface area contributed by atoms with Gasteiger partial charge in [0, 0.05) is 18.3 Å². The molecule has 2 rings (SSSR count). The number of morpholine rings is 1. The number of hydrogen-bond acceptors (Lipinski definition) is 6. The van der Waals surface area contributed by atoms with Crippen molar-refractivity contribution in [3.8, 4) is 5.75 Å². The van der Waals surface area contributed by atoms with E-state index in [-0.39, 0.29) is 31.1 Å². The lowest BCUT2D eigenvalue weighted by Gasteiger charge is -2.28. The van der Waals surface area contributed by atoms with Crippen molar-refractivity contribution in [3.05, 3.63) is 18.2 Å². The molecular weight excluding hydrogens is 423 g/mol. The van der Waals surface area contributed by atoms with E-state index in [2.05, 4.69) is 10.1 Å². The van der Waals surface area contributed by atoms with Gasteiger partial charge in [-0.1, -0.05) is 0 Å². The van der Waals surface area contributed by atoms with E-state index >= 15 is 0 Å². The first-order valence-electron chi connectivity index (χ1n) is 8.35. The molecule has 0 radical (unpaired) electrons. The number of hydrogen-bond donors (Lipinski definition) is 3. The van der Waals surface area contributed by atoms with Crippen molar-refractivity contribution in [2.75, 3.05) is 36.5 Å². The molecule has 1 heterocycles. The number of rotatable bonds is 8. The fourth-order valence-electron chi connectivity index (χ4n) is 2.53. The van der Waals surface area contributed by atoms with Crippen molar-refractivity contribution in [2.45, 2.75) is 18.8 Å². The Morgan fingerprint density at radius 1 is 1.30 bits per heavy atom. The summed E-state index contributed by atoms with van der Waals surface area (Å²) in [7, 11) is 0. The third-order valence-electron chi connectivity index (χ3n) is 3.77. The number of nitrogens with one attached hydrogen (secondary N) is 2. The summed E-state index contributed by atoms with van der Waals surface area (Å²) >= 11 is 0. The molecule has 30 heavy (non-hydrogen) atoms. The molecule has 4 N–H and O–H groups in total. The summed E-state index contributed by atoms with van der Waals surface area (Å²) in [6.45, 7) is -4.97. The van der Waals surface area contributed by atoms with E-state index in [1.807, 2.05) is 0 Å². The normalized spacial score (nSPS) is 15.8. The van der Waals surface area contributed by atoms with Crippen molar-refractivity contribution in [3.63, 3.8) is 0 Å². The molecule has 1 aromatic rings. The molecule has 14 heteroatoms. The zero-order valence-electron chi connectivity index (χ0n) is 15.2. The molecule has 0 bridgehead atoms. The Hall–Kier alpha value is -3.00. The SMILES string of the molecule is NC(=O)[C@@H](NCC(F)(F)F)C(=O)Nc1ccc(N2CCOCC2=O)c(OC(F)F)c1. The lowest BCUT2D eigenvalue weighted by atomic mass is 10.2. The summed E-state index contributed by atoms with van der Waals surface area (Å²) in [5.74, 6) is -3.61. The highest BCUT2D eigenvalue weighted by Crippen LogP contribution is 2.33. The van der Waals surface area contributed by atoms with Gasteiger partial charge in [0.2, 0.25) is 5.91 Å². The number of primary amides is 1. The average molecular weight is 440 g/mol. The summed E-state index contributed by atoms with van der Waals surface area (Å²) < 4.78 is 71.9. The Kier molecular flexibility index (Phi) is 7.50. The number of nitrogens with two attached hydrogens (primary N) is 1. The molecule has 166 valence electrons. The second-order valence-corrected chi connectivity index (χ2v) is 5.98. The topological polar surface area (TPSA) is 123 Å². The minimum atomic E-state index is -4.71. The summed E-state index contributed by atoms with van der Waals surface area (Å²) in [5, 5.41) is 3.76. The largest absolute Gasteiger partial charge is 0.433 e. The molecule has 9 nitrogen and oxygen atoms in total. The van der Waals surface area contributed by atoms with Crippen LogP contribution in [0, 0.1) is 0 Å². The lowest BCUT2D eigenvalue weighted by Crippen LogP contribution is -2.52. The number of carbonyl (C=O) groups is 3. The molecule has 0 saturated carbocycles. The van der Waals surface area contributed by atoms with Gasteiger partial charge in [0.25, 0.3) is 11.8 Å². The standard InChI is InChI=1S/C16H17F5N4O5/c17-15(18)30-10-5-8(1-2-9(10)25-3-4-29-6-11(25)26)24-14(28)12(13(22)27)23-7-16(19,20)21/h1-2,5,12,15,23H,3-4,6-7H2,(H2,22,27)(H,24,28)/t12-/m1/s1. The number of halogens is 5. The Balaban J connectivity index is 2.23. The van der Waals surface area contributed by atoms with Crippen molar-refractivity contribution in [1.29, 1.82) is 0 Å². The lowest BCUT2D eigenvalue weighted by molar-refractivity contribution is -0.135. The molecule has 1 aliphatic rings. The Labute approximate surface area is 166 Å². The number of anilines is 2. The molecule has 3 amide bonds. The van der Waals surface area contributed by atoms with E-state index in [0.29, 0.717) is 0 Å². The fourth-order valence-corrected chi connectivity index (χ4v) is 2.53. The van der Waals surface area contributed by atoms with Crippen LogP contribution in [-0.4, -0.2) is 62.9 Å². The van der Waals surface area contributed by atoms with E-state index in [1.165, 1.54) is 12.1 Å². The first-order valence-corrected chi connectivity index (χ1v) is 8.35. The number of carbonyl (C=O) groups excluding carboxylic acids is 3. The highest BCUT2D eigenvalue weighted by molar-refractivity contribution is 6.09. The maximum atomic E-state index is 12.8. The number of benzene rings is 1. The molecule has 0 aromatic heterocycles. The quantitative estimate of drug-likeness (QED) is 0.402. The average Bonchev–Trinajstić information content (AvgIpc) is 2.61. The number of ether oxygens (including phenoxy) is 2. The van der Waals surface area contributed by atoms with Crippen LogP contribution in [-0.2, 0) is 19.1 Å². The van der Waals surface area contributed by atoms with Crippen LogP contribution in [0.3, 0.4) is 0 Å². The summed E-state index contributed by atoms with van der Waals surface area (Å²) in [6, 6.07) is 1.28. The van der Waals surface area contributed by atoms with Gasteiger partial charge < -0.3 is 25.4 Å². The summed E-state index contributed by atoms with van der Waals surface area (Å²) in [5.41, 5.74) is 4.74. The number of alkyl halides is 5. The molecule has 1 aliphatic heterocycles. The highest BCUT2D eigenvalue weighted by Gasteiger charge is 2.33. The van der Waals surface area contributed by atoms with Gasteiger partial charge in [-0.2, -0.15) is 22.0 Å². The third-order valence-corrected chi connectivity index (χ3v) is 3.77. The van der Waals surface area contributed by atoms with E-state index in [1.54, 1.807) is 5.32 Å². The highest BCUT2D eigenvalue weighted by atomic mass is 19.4. The van der Waals surface area contributed by atoms with Crippen LogP contribution >= 0.6 is 0 Å². The van der Waals surface area contributed by atoms with Crippen molar-refractivity contribution in [1.82, 2.24) is 5.32 Å². The minimum Gasteiger partial charge on any atom is -0.433 e. The molecular formula is C16H17F5N4O5. The van der Waals surface area contributed by atoms with Crippen LogP contribution in [0.5, 0.6) is 5.75 Å². The van der Waals surface area contributed by atoms with Crippen LogP contribution in [0.1, 0.15) is 0 Å². The second-order valence-electron chi connectivity index (χ2n) is 5.98. The first kappa shape index (κ1) is 23.3. The van der Waals surface area contributed by atoms with Crippen molar-refractivity contribution >= 4 is 29.1 Å². The maximum absolute atomic E-state index is 12.8. The Morgan fingerprint density at radius 3 is 2.57 bits per heavy atom. The molecule has 1 saturated heterocycles.